The summed E-state index contributed by atoms with van der Waals surface area (Å²) in [6, 6.07) is 18.1. The quantitative estimate of drug-likeness (QED) is 0.363. The predicted molar refractivity (Wildman–Crippen MR) is 147 cm³/mol. The van der Waals surface area contributed by atoms with E-state index in [4.69, 9.17) is 10.5 Å². The highest BCUT2D eigenvalue weighted by molar-refractivity contribution is 7.93. The highest BCUT2D eigenvalue weighted by Crippen LogP contribution is 2.38. The number of halogens is 1. The van der Waals surface area contributed by atoms with Crippen LogP contribution < -0.4 is 14.8 Å². The lowest BCUT2D eigenvalue weighted by molar-refractivity contribution is 0.414. The molecule has 186 valence electrons. The maximum Gasteiger partial charge on any atom is 0.246 e. The molecule has 2 N–H and O–H groups in total. The van der Waals surface area contributed by atoms with Gasteiger partial charge in [0.25, 0.3) is 0 Å². The van der Waals surface area contributed by atoms with Crippen LogP contribution >= 0.6 is 12.4 Å². The molecule has 0 fully saturated rings. The standard InChI is InChI=1S/C27H31N3O3S.ClH/c1-5-26(23-12-14-24(33-4)15-13-23)34(31,32)30(27(2,3)20-28)25-9-7-6-8-22(25)11-10-21-16-18-29-19-17-21;/h5-19,26H,1,20,28H2,2-4H3;1H. The first-order valence-corrected chi connectivity index (χ1v) is 12.4. The smallest absolute Gasteiger partial charge is 0.246 e. The Morgan fingerprint density at radius 2 is 1.69 bits per heavy atom. The molecule has 0 bridgehead atoms. The van der Waals surface area contributed by atoms with Crippen molar-refractivity contribution >= 4 is 40.3 Å². The van der Waals surface area contributed by atoms with Crippen LogP contribution in [0.5, 0.6) is 5.75 Å². The molecule has 35 heavy (non-hydrogen) atoms. The molecule has 0 aliphatic rings. The van der Waals surface area contributed by atoms with Crippen LogP contribution in [0.1, 0.15) is 35.8 Å². The molecule has 2 aromatic carbocycles. The number of nitrogens with two attached hydrogens (primary N) is 1. The van der Waals surface area contributed by atoms with Gasteiger partial charge in [-0.1, -0.05) is 48.6 Å². The maximum absolute atomic E-state index is 14.2. The van der Waals surface area contributed by atoms with Crippen molar-refractivity contribution in [3.8, 4) is 5.75 Å². The van der Waals surface area contributed by atoms with E-state index in [0.717, 1.165) is 11.1 Å². The van der Waals surface area contributed by atoms with E-state index in [9.17, 15) is 8.42 Å². The van der Waals surface area contributed by atoms with Gasteiger partial charge in [0.15, 0.2) is 0 Å². The average Bonchev–Trinajstić information content (AvgIpc) is 2.84. The Hall–Kier alpha value is -3.13. The van der Waals surface area contributed by atoms with Crippen molar-refractivity contribution in [3.05, 3.63) is 102 Å². The number of sulfonamides is 1. The fourth-order valence-corrected chi connectivity index (χ4v) is 5.88. The molecule has 0 spiro atoms. The first-order valence-electron chi connectivity index (χ1n) is 10.9. The Morgan fingerprint density at radius 3 is 2.26 bits per heavy atom. The first kappa shape index (κ1) is 28.1. The second kappa shape index (κ2) is 12.0. The third-order valence-corrected chi connectivity index (χ3v) is 7.91. The molecule has 0 amide bonds. The van der Waals surface area contributed by atoms with E-state index >= 15 is 0 Å². The molecule has 1 heterocycles. The molecule has 0 saturated heterocycles. The highest BCUT2D eigenvalue weighted by atomic mass is 35.5. The third-order valence-electron chi connectivity index (χ3n) is 5.60. The number of benzene rings is 2. The Morgan fingerprint density at radius 1 is 1.06 bits per heavy atom. The SMILES string of the molecule is C=CC(c1ccc(OC)cc1)S(=O)(=O)N(c1ccccc1C=Cc1ccncc1)C(C)(C)CN.Cl. The van der Waals surface area contributed by atoms with Gasteiger partial charge in [-0.2, -0.15) is 0 Å². The van der Waals surface area contributed by atoms with Gasteiger partial charge in [0.1, 0.15) is 11.0 Å². The molecule has 8 heteroatoms. The summed E-state index contributed by atoms with van der Waals surface area (Å²) in [6.07, 6.45) is 8.70. The number of para-hydroxylation sites is 1. The van der Waals surface area contributed by atoms with Crippen molar-refractivity contribution in [2.75, 3.05) is 18.0 Å². The van der Waals surface area contributed by atoms with E-state index in [-0.39, 0.29) is 19.0 Å². The number of aromatic nitrogens is 1. The average molecular weight is 514 g/mol. The zero-order chi connectivity index (χ0) is 24.8. The molecule has 0 radical (unpaired) electrons. The van der Waals surface area contributed by atoms with Gasteiger partial charge in [-0.25, -0.2) is 8.42 Å². The van der Waals surface area contributed by atoms with Crippen LogP contribution in [-0.2, 0) is 10.0 Å². The van der Waals surface area contributed by atoms with Gasteiger partial charge in [0, 0.05) is 18.9 Å². The normalized spacial score (nSPS) is 12.6. The molecule has 1 unspecified atom stereocenters. The second-order valence-electron chi connectivity index (χ2n) is 8.43. The summed E-state index contributed by atoms with van der Waals surface area (Å²) in [5.74, 6) is 0.648. The third kappa shape index (κ3) is 6.31. The lowest BCUT2D eigenvalue weighted by atomic mass is 10.0. The molecule has 0 aliphatic carbocycles. The summed E-state index contributed by atoms with van der Waals surface area (Å²) < 4.78 is 35.0. The number of hydrogen-bond acceptors (Lipinski definition) is 5. The van der Waals surface area contributed by atoms with Crippen LogP contribution in [0.15, 0.2) is 85.7 Å². The van der Waals surface area contributed by atoms with Crippen molar-refractivity contribution in [3.63, 3.8) is 0 Å². The zero-order valence-electron chi connectivity index (χ0n) is 20.2. The predicted octanol–water partition coefficient (Wildman–Crippen LogP) is 5.48. The van der Waals surface area contributed by atoms with Gasteiger partial charge in [0.05, 0.1) is 18.3 Å². The van der Waals surface area contributed by atoms with Gasteiger partial charge in [-0.15, -0.1) is 19.0 Å². The molecule has 0 aliphatic heterocycles. The van der Waals surface area contributed by atoms with Crippen molar-refractivity contribution in [2.24, 2.45) is 5.73 Å². The summed E-state index contributed by atoms with van der Waals surface area (Å²) in [5.41, 5.74) is 8.06. The summed E-state index contributed by atoms with van der Waals surface area (Å²) in [4.78, 5) is 4.04. The second-order valence-corrected chi connectivity index (χ2v) is 10.3. The molecule has 1 aromatic heterocycles. The minimum Gasteiger partial charge on any atom is -0.497 e. The monoisotopic (exact) mass is 513 g/mol. The van der Waals surface area contributed by atoms with E-state index < -0.39 is 20.8 Å². The maximum atomic E-state index is 14.2. The van der Waals surface area contributed by atoms with Crippen LogP contribution in [0.2, 0.25) is 0 Å². The number of nitrogens with zero attached hydrogens (tertiary/aromatic N) is 2. The summed E-state index contributed by atoms with van der Waals surface area (Å²) in [7, 11) is -2.40. The van der Waals surface area contributed by atoms with Crippen molar-refractivity contribution < 1.29 is 13.2 Å². The largest absolute Gasteiger partial charge is 0.497 e. The van der Waals surface area contributed by atoms with Gasteiger partial charge in [-0.05, 0) is 60.9 Å². The Kier molecular flexibility index (Phi) is 9.65. The molecule has 3 aromatic rings. The highest BCUT2D eigenvalue weighted by Gasteiger charge is 2.40. The molecule has 3 rings (SSSR count). The van der Waals surface area contributed by atoms with E-state index in [2.05, 4.69) is 11.6 Å². The van der Waals surface area contributed by atoms with Crippen LogP contribution in [0, 0.1) is 0 Å². The van der Waals surface area contributed by atoms with Crippen LogP contribution in [0.3, 0.4) is 0 Å². The van der Waals surface area contributed by atoms with E-state index in [1.165, 1.54) is 10.4 Å². The zero-order valence-corrected chi connectivity index (χ0v) is 21.8. The lowest BCUT2D eigenvalue weighted by Gasteiger charge is -2.41. The number of methoxy groups -OCH3 is 1. The van der Waals surface area contributed by atoms with E-state index in [0.29, 0.717) is 17.0 Å². The molecular weight excluding hydrogens is 482 g/mol. The lowest BCUT2D eigenvalue weighted by Crippen LogP contribution is -2.53. The van der Waals surface area contributed by atoms with Crippen molar-refractivity contribution in [1.29, 1.82) is 0 Å². The topological polar surface area (TPSA) is 85.5 Å². The minimum absolute atomic E-state index is 0. The minimum atomic E-state index is -3.96. The molecule has 1 atom stereocenters. The number of pyridine rings is 1. The van der Waals surface area contributed by atoms with Crippen LogP contribution in [0.4, 0.5) is 5.69 Å². The Bertz CT molecular complexity index is 1240. The van der Waals surface area contributed by atoms with Gasteiger partial charge >= 0.3 is 0 Å². The van der Waals surface area contributed by atoms with E-state index in [1.807, 2.05) is 56.3 Å². The van der Waals surface area contributed by atoms with Crippen LogP contribution in [-0.4, -0.2) is 32.6 Å². The van der Waals surface area contributed by atoms with E-state index in [1.54, 1.807) is 49.8 Å². The fraction of sp³-hybridized carbons (Fsp3) is 0.222. The Labute approximate surface area is 214 Å². The van der Waals surface area contributed by atoms with Gasteiger partial charge in [-0.3, -0.25) is 9.29 Å². The van der Waals surface area contributed by atoms with Crippen LogP contribution in [0.25, 0.3) is 12.2 Å². The first-order chi connectivity index (χ1) is 16.2. The van der Waals surface area contributed by atoms with Crippen molar-refractivity contribution in [1.82, 2.24) is 4.98 Å². The number of hydrogen-bond donors (Lipinski definition) is 1. The van der Waals surface area contributed by atoms with Crippen molar-refractivity contribution in [2.45, 2.75) is 24.6 Å². The number of anilines is 1. The fourth-order valence-electron chi connectivity index (χ4n) is 3.70. The molecule has 0 saturated carbocycles. The molecule has 6 nitrogen and oxygen atoms in total. The summed E-state index contributed by atoms with van der Waals surface area (Å²) in [5, 5.41) is -0.971. The molecular formula is C27H32ClN3O3S. The van der Waals surface area contributed by atoms with Gasteiger partial charge in [0.2, 0.25) is 10.0 Å². The Balaban J connectivity index is 0.00000432. The van der Waals surface area contributed by atoms with Gasteiger partial charge < -0.3 is 10.5 Å². The summed E-state index contributed by atoms with van der Waals surface area (Å²) in [6.45, 7) is 7.61. The number of rotatable bonds is 10. The summed E-state index contributed by atoms with van der Waals surface area (Å²) >= 11 is 0. The number of ether oxygens (including phenoxy) is 1.